The Morgan fingerprint density at radius 3 is 2.54 bits per heavy atom. The minimum Gasteiger partial charge on any atom is -0.432 e. The lowest BCUT2D eigenvalue weighted by molar-refractivity contribution is -0.109. The van der Waals surface area contributed by atoms with Gasteiger partial charge in [0.1, 0.15) is 12.0 Å². The average molecular weight is 335 g/mol. The van der Waals surface area contributed by atoms with Crippen LogP contribution in [0.2, 0.25) is 0 Å². The maximum Gasteiger partial charge on any atom is 0.306 e. The number of benzene rings is 1. The summed E-state index contributed by atoms with van der Waals surface area (Å²) in [6.07, 6.45) is 6.97. The highest BCUT2D eigenvalue weighted by molar-refractivity contribution is 8.13. The molecule has 0 saturated heterocycles. The molecule has 0 unspecified atom stereocenters. The molecule has 3 aromatic heterocycles. The minimum absolute atomic E-state index is 0.0692. The fourth-order valence-corrected chi connectivity index (χ4v) is 3.22. The second-order valence-electron chi connectivity index (χ2n) is 5.22. The molecule has 0 spiro atoms. The molecule has 4 rings (SSSR count). The van der Waals surface area contributed by atoms with Crippen molar-refractivity contribution in [1.82, 2.24) is 14.4 Å². The number of imidazole rings is 1. The van der Waals surface area contributed by atoms with E-state index in [1.54, 1.807) is 25.6 Å². The van der Waals surface area contributed by atoms with Crippen molar-refractivity contribution in [1.29, 1.82) is 0 Å². The van der Waals surface area contributed by atoms with Crippen molar-refractivity contribution in [3.8, 4) is 22.5 Å². The second kappa shape index (κ2) is 5.98. The van der Waals surface area contributed by atoms with Gasteiger partial charge < -0.3 is 4.42 Å². The van der Waals surface area contributed by atoms with Gasteiger partial charge in [-0.2, -0.15) is 4.98 Å². The molecule has 1 aromatic carbocycles. The Kier molecular flexibility index (Phi) is 3.66. The number of hydrogen-bond acceptors (Lipinski definition) is 5. The molecule has 4 aromatic rings. The second-order valence-corrected chi connectivity index (χ2v) is 6.47. The van der Waals surface area contributed by atoms with Crippen LogP contribution in [-0.4, -0.2) is 19.5 Å². The lowest BCUT2D eigenvalue weighted by Gasteiger charge is -2.05. The Morgan fingerprint density at radius 1 is 1.08 bits per heavy atom. The summed E-state index contributed by atoms with van der Waals surface area (Å²) in [5.41, 5.74) is 3.76. The van der Waals surface area contributed by atoms with E-state index in [0.717, 1.165) is 27.4 Å². The Bertz CT molecular complexity index is 1000. The quantitative estimate of drug-likeness (QED) is 0.523. The van der Waals surface area contributed by atoms with Gasteiger partial charge in [-0.25, -0.2) is 0 Å². The number of hydrogen-bond donors (Lipinski definition) is 0. The Hall–Kier alpha value is -2.86. The van der Waals surface area contributed by atoms with E-state index in [2.05, 4.69) is 9.97 Å². The van der Waals surface area contributed by atoms with Crippen LogP contribution < -0.4 is 0 Å². The Morgan fingerprint density at radius 2 is 1.83 bits per heavy atom. The third-order valence-corrected chi connectivity index (χ3v) is 4.40. The summed E-state index contributed by atoms with van der Waals surface area (Å²) < 4.78 is 7.37. The van der Waals surface area contributed by atoms with Crippen molar-refractivity contribution in [3.05, 3.63) is 61.3 Å². The molecule has 0 radical (unpaired) electrons. The van der Waals surface area contributed by atoms with Crippen LogP contribution in [0.15, 0.2) is 70.6 Å². The first-order chi connectivity index (χ1) is 11.7. The zero-order valence-corrected chi connectivity index (χ0v) is 13.7. The summed E-state index contributed by atoms with van der Waals surface area (Å²) >= 11 is 1.22. The van der Waals surface area contributed by atoms with Crippen molar-refractivity contribution < 1.29 is 9.21 Å². The third-order valence-electron chi connectivity index (χ3n) is 3.61. The van der Waals surface area contributed by atoms with Gasteiger partial charge in [0, 0.05) is 41.5 Å². The van der Waals surface area contributed by atoms with Gasteiger partial charge >= 0.3 is 5.84 Å². The molecule has 5 nitrogen and oxygen atoms in total. The van der Waals surface area contributed by atoms with Crippen molar-refractivity contribution in [3.63, 3.8) is 0 Å². The van der Waals surface area contributed by atoms with Gasteiger partial charge in [0.15, 0.2) is 5.12 Å². The van der Waals surface area contributed by atoms with Crippen molar-refractivity contribution >= 4 is 22.7 Å². The van der Waals surface area contributed by atoms with Crippen LogP contribution in [0.1, 0.15) is 6.92 Å². The van der Waals surface area contributed by atoms with Crippen LogP contribution >= 0.6 is 11.8 Å². The summed E-state index contributed by atoms with van der Waals surface area (Å²) in [6.45, 7) is 1.56. The van der Waals surface area contributed by atoms with Crippen LogP contribution in [0, 0.1) is 0 Å². The number of nitrogens with zero attached hydrogens (tertiary/aromatic N) is 3. The van der Waals surface area contributed by atoms with E-state index in [1.807, 2.05) is 47.0 Å². The zero-order valence-electron chi connectivity index (χ0n) is 12.8. The van der Waals surface area contributed by atoms with E-state index < -0.39 is 0 Å². The first-order valence-electron chi connectivity index (χ1n) is 7.37. The standard InChI is InChI=1S/C18H13N3O2S/c1-12(22)24-15-4-2-13(3-5-15)16-17(14-6-8-19-9-7-14)21-10-11-23-18(21)20-16/h2-11H,1H3. The molecule has 6 heteroatoms. The lowest BCUT2D eigenvalue weighted by Crippen LogP contribution is -1.88. The normalized spacial score (nSPS) is 11.0. The van der Waals surface area contributed by atoms with Crippen LogP contribution in [0.25, 0.3) is 28.4 Å². The number of oxazole rings is 1. The Balaban J connectivity index is 1.85. The number of carbonyl (C=O) groups excluding carboxylic acids is 1. The number of rotatable bonds is 3. The highest BCUT2D eigenvalue weighted by Crippen LogP contribution is 2.33. The van der Waals surface area contributed by atoms with Gasteiger partial charge in [0.05, 0.1) is 5.69 Å². The van der Waals surface area contributed by atoms with Gasteiger partial charge in [0.2, 0.25) is 0 Å². The lowest BCUT2D eigenvalue weighted by atomic mass is 10.1. The fraction of sp³-hybridized carbons (Fsp3) is 0.0556. The van der Waals surface area contributed by atoms with Gasteiger partial charge in [-0.15, -0.1) is 0 Å². The van der Waals surface area contributed by atoms with Gasteiger partial charge in [-0.1, -0.05) is 23.9 Å². The minimum atomic E-state index is 0.0692. The molecule has 0 atom stereocenters. The first-order valence-corrected chi connectivity index (χ1v) is 8.19. The molecule has 0 bridgehead atoms. The maximum absolute atomic E-state index is 11.2. The van der Waals surface area contributed by atoms with E-state index in [0.29, 0.717) is 5.84 Å². The summed E-state index contributed by atoms with van der Waals surface area (Å²) in [6, 6.07) is 11.7. The maximum atomic E-state index is 11.2. The number of fused-ring (bicyclic) bond motifs is 1. The van der Waals surface area contributed by atoms with Crippen LogP contribution in [0.3, 0.4) is 0 Å². The molecular weight excluding hydrogens is 322 g/mol. The number of thioether (sulfide) groups is 1. The van der Waals surface area contributed by atoms with E-state index in [9.17, 15) is 4.79 Å². The highest BCUT2D eigenvalue weighted by Gasteiger charge is 2.17. The number of pyridine rings is 1. The summed E-state index contributed by atoms with van der Waals surface area (Å²) in [5.74, 6) is 0.541. The van der Waals surface area contributed by atoms with Crippen LogP contribution in [0.4, 0.5) is 0 Å². The van der Waals surface area contributed by atoms with E-state index in [4.69, 9.17) is 4.42 Å². The molecule has 0 aliphatic carbocycles. The molecule has 0 N–H and O–H groups in total. The van der Waals surface area contributed by atoms with E-state index in [1.165, 1.54) is 11.8 Å². The molecule has 0 fully saturated rings. The smallest absolute Gasteiger partial charge is 0.306 e. The molecule has 118 valence electrons. The summed E-state index contributed by atoms with van der Waals surface area (Å²) in [7, 11) is 0. The van der Waals surface area contributed by atoms with Gasteiger partial charge in [-0.05, 0) is 24.3 Å². The molecule has 0 aliphatic heterocycles. The topological polar surface area (TPSA) is 60.4 Å². The molecule has 3 heterocycles. The van der Waals surface area contributed by atoms with E-state index >= 15 is 0 Å². The monoisotopic (exact) mass is 335 g/mol. The van der Waals surface area contributed by atoms with Crippen molar-refractivity contribution in [2.24, 2.45) is 0 Å². The van der Waals surface area contributed by atoms with E-state index in [-0.39, 0.29) is 5.12 Å². The molecule has 24 heavy (non-hydrogen) atoms. The molecule has 0 aliphatic rings. The van der Waals surface area contributed by atoms with Crippen LogP contribution in [0.5, 0.6) is 0 Å². The summed E-state index contributed by atoms with van der Waals surface area (Å²) in [5, 5.41) is 0.0692. The highest BCUT2D eigenvalue weighted by atomic mass is 32.2. The summed E-state index contributed by atoms with van der Waals surface area (Å²) in [4.78, 5) is 20.8. The van der Waals surface area contributed by atoms with Gasteiger partial charge in [-0.3, -0.25) is 14.2 Å². The SMILES string of the molecule is CC(=O)Sc1ccc(-c2nc3occn3c2-c2ccncc2)cc1. The zero-order chi connectivity index (χ0) is 16.5. The van der Waals surface area contributed by atoms with Crippen molar-refractivity contribution in [2.45, 2.75) is 11.8 Å². The molecule has 0 amide bonds. The molecule has 0 saturated carbocycles. The number of aromatic nitrogens is 3. The predicted molar refractivity (Wildman–Crippen MR) is 92.7 cm³/mol. The largest absolute Gasteiger partial charge is 0.432 e. The van der Waals surface area contributed by atoms with Crippen LogP contribution in [-0.2, 0) is 4.79 Å². The van der Waals surface area contributed by atoms with Gasteiger partial charge in [0.25, 0.3) is 0 Å². The predicted octanol–water partition coefficient (Wildman–Crippen LogP) is 4.29. The molecular formula is C18H13N3O2S. The fourth-order valence-electron chi connectivity index (χ4n) is 2.62. The first kappa shape index (κ1) is 14.7. The average Bonchev–Trinajstić information content (AvgIpc) is 3.16. The van der Waals surface area contributed by atoms with Crippen molar-refractivity contribution in [2.75, 3.05) is 0 Å². The number of carbonyl (C=O) groups is 1. The Labute approximate surface area is 142 Å². The third kappa shape index (κ3) is 2.61.